The predicted octanol–water partition coefficient (Wildman–Crippen LogP) is 3.46. The molecule has 0 aliphatic heterocycles. The second-order valence-electron chi connectivity index (χ2n) is 5.70. The van der Waals surface area contributed by atoms with Gasteiger partial charge in [0.2, 0.25) is 5.75 Å². The lowest BCUT2D eigenvalue weighted by Gasteiger charge is -2.16. The summed E-state index contributed by atoms with van der Waals surface area (Å²) in [5.74, 6) is 2.28. The van der Waals surface area contributed by atoms with Crippen molar-refractivity contribution in [1.82, 2.24) is 5.32 Å². The average Bonchev–Trinajstić information content (AvgIpc) is 2.72. The molecule has 152 valence electrons. The summed E-state index contributed by atoms with van der Waals surface area (Å²) in [6.45, 7) is 0.442. The lowest BCUT2D eigenvalue weighted by molar-refractivity contribution is 0.0952. The van der Waals surface area contributed by atoms with Crippen LogP contribution in [0.4, 0.5) is 0 Å². The minimum atomic E-state index is -0.258. The van der Waals surface area contributed by atoms with Crippen molar-refractivity contribution in [3.05, 3.63) is 39.9 Å². The monoisotopic (exact) mass is 453 g/mol. The van der Waals surface area contributed by atoms with Gasteiger partial charge >= 0.3 is 0 Å². The minimum Gasteiger partial charge on any atom is -0.493 e. The second-order valence-corrected chi connectivity index (χ2v) is 6.50. The standard InChI is InChI=1S/C20H24BrNO6/c1-24-14-7-6-12(10-15(14)25-2)8-9-22-20(23)13-11-16(26-3)18(27-4)19(28-5)17(13)21/h6-7,10-11H,8-9H2,1-5H3,(H,22,23). The zero-order valence-electron chi connectivity index (χ0n) is 16.6. The summed E-state index contributed by atoms with van der Waals surface area (Å²) in [4.78, 5) is 12.7. The molecule has 0 aliphatic carbocycles. The van der Waals surface area contributed by atoms with Crippen molar-refractivity contribution < 1.29 is 28.5 Å². The molecule has 7 nitrogen and oxygen atoms in total. The van der Waals surface area contributed by atoms with Gasteiger partial charge in [-0.2, -0.15) is 0 Å². The Bertz CT molecular complexity index is 840. The summed E-state index contributed by atoms with van der Waals surface area (Å²) in [6.07, 6.45) is 0.633. The summed E-state index contributed by atoms with van der Waals surface area (Å²) < 4.78 is 27.0. The molecule has 1 amide bonds. The first-order valence-electron chi connectivity index (χ1n) is 8.48. The molecule has 28 heavy (non-hydrogen) atoms. The number of halogens is 1. The molecular formula is C20H24BrNO6. The second kappa shape index (κ2) is 10.1. The van der Waals surface area contributed by atoms with Gasteiger partial charge in [-0.15, -0.1) is 0 Å². The lowest BCUT2D eigenvalue weighted by atomic mass is 10.1. The zero-order valence-corrected chi connectivity index (χ0v) is 18.1. The Morgan fingerprint density at radius 1 is 0.857 bits per heavy atom. The van der Waals surface area contributed by atoms with E-state index in [4.69, 9.17) is 23.7 Å². The highest BCUT2D eigenvalue weighted by molar-refractivity contribution is 9.10. The molecule has 0 unspecified atom stereocenters. The van der Waals surface area contributed by atoms with E-state index in [0.717, 1.165) is 5.56 Å². The van der Waals surface area contributed by atoms with Gasteiger partial charge in [0, 0.05) is 6.54 Å². The number of nitrogens with one attached hydrogen (secondary N) is 1. The van der Waals surface area contributed by atoms with Crippen molar-refractivity contribution in [2.75, 3.05) is 42.1 Å². The van der Waals surface area contributed by atoms with E-state index in [1.165, 1.54) is 21.3 Å². The first-order chi connectivity index (χ1) is 13.5. The number of carbonyl (C=O) groups excluding carboxylic acids is 1. The molecule has 0 spiro atoms. The summed E-state index contributed by atoms with van der Waals surface area (Å²) in [7, 11) is 7.69. The van der Waals surface area contributed by atoms with E-state index < -0.39 is 0 Å². The molecule has 0 radical (unpaired) electrons. The topological polar surface area (TPSA) is 75.3 Å². The van der Waals surface area contributed by atoms with Gasteiger partial charge in [-0.1, -0.05) is 6.07 Å². The molecule has 0 fully saturated rings. The Hall–Kier alpha value is -2.61. The fourth-order valence-corrected chi connectivity index (χ4v) is 3.37. The zero-order chi connectivity index (χ0) is 20.7. The van der Waals surface area contributed by atoms with Crippen LogP contribution in [0.2, 0.25) is 0 Å². The maximum absolute atomic E-state index is 12.7. The number of hydrogen-bond donors (Lipinski definition) is 1. The maximum atomic E-state index is 12.7. The Morgan fingerprint density at radius 3 is 2.07 bits per heavy atom. The highest BCUT2D eigenvalue weighted by Crippen LogP contribution is 2.44. The Kier molecular flexibility index (Phi) is 7.80. The van der Waals surface area contributed by atoms with E-state index >= 15 is 0 Å². The SMILES string of the molecule is COc1ccc(CCNC(=O)c2cc(OC)c(OC)c(OC)c2Br)cc1OC. The normalized spacial score (nSPS) is 10.2. The van der Waals surface area contributed by atoms with Gasteiger partial charge in [0.05, 0.1) is 45.6 Å². The molecule has 0 aromatic heterocycles. The molecule has 2 aromatic carbocycles. The number of methoxy groups -OCH3 is 5. The molecule has 0 atom stereocenters. The smallest absolute Gasteiger partial charge is 0.252 e. The predicted molar refractivity (Wildman–Crippen MR) is 109 cm³/mol. The van der Waals surface area contributed by atoms with Crippen molar-refractivity contribution >= 4 is 21.8 Å². The highest BCUT2D eigenvalue weighted by Gasteiger charge is 2.22. The number of rotatable bonds is 9. The van der Waals surface area contributed by atoms with Gasteiger partial charge in [-0.25, -0.2) is 0 Å². The number of ether oxygens (including phenoxy) is 5. The van der Waals surface area contributed by atoms with E-state index in [1.54, 1.807) is 20.3 Å². The maximum Gasteiger partial charge on any atom is 0.252 e. The van der Waals surface area contributed by atoms with Gasteiger partial charge in [-0.3, -0.25) is 4.79 Å². The van der Waals surface area contributed by atoms with E-state index in [0.29, 0.717) is 51.7 Å². The van der Waals surface area contributed by atoms with Crippen LogP contribution in [0.25, 0.3) is 0 Å². The molecule has 1 N–H and O–H groups in total. The lowest BCUT2D eigenvalue weighted by Crippen LogP contribution is -2.26. The van der Waals surface area contributed by atoms with Crippen LogP contribution in [0.15, 0.2) is 28.7 Å². The van der Waals surface area contributed by atoms with Gasteiger partial charge in [0.15, 0.2) is 23.0 Å². The third-order valence-electron chi connectivity index (χ3n) is 4.16. The van der Waals surface area contributed by atoms with Gasteiger partial charge in [-0.05, 0) is 46.1 Å². The first kappa shape index (κ1) is 21.7. The molecule has 8 heteroatoms. The number of amides is 1. The Labute approximate surface area is 173 Å². The molecule has 2 rings (SSSR count). The van der Waals surface area contributed by atoms with Crippen molar-refractivity contribution in [3.8, 4) is 28.7 Å². The van der Waals surface area contributed by atoms with Gasteiger partial charge in [0.1, 0.15) is 0 Å². The van der Waals surface area contributed by atoms with Crippen molar-refractivity contribution in [3.63, 3.8) is 0 Å². The number of carbonyl (C=O) groups is 1. The molecule has 2 aromatic rings. The molecular weight excluding hydrogens is 430 g/mol. The minimum absolute atomic E-state index is 0.258. The van der Waals surface area contributed by atoms with Gasteiger partial charge < -0.3 is 29.0 Å². The largest absolute Gasteiger partial charge is 0.493 e. The van der Waals surface area contributed by atoms with Crippen LogP contribution in [-0.4, -0.2) is 48.0 Å². The Morgan fingerprint density at radius 2 is 1.50 bits per heavy atom. The van der Waals surface area contributed by atoms with E-state index in [-0.39, 0.29) is 5.91 Å². The highest BCUT2D eigenvalue weighted by atomic mass is 79.9. The molecule has 0 bridgehead atoms. The van der Waals surface area contributed by atoms with Crippen molar-refractivity contribution in [2.24, 2.45) is 0 Å². The van der Waals surface area contributed by atoms with Crippen molar-refractivity contribution in [1.29, 1.82) is 0 Å². The molecule has 0 saturated heterocycles. The van der Waals surface area contributed by atoms with Crippen LogP contribution in [0, 0.1) is 0 Å². The van der Waals surface area contributed by atoms with E-state index in [1.807, 2.05) is 18.2 Å². The van der Waals surface area contributed by atoms with Crippen LogP contribution in [0.5, 0.6) is 28.7 Å². The third kappa shape index (κ3) is 4.62. The fourth-order valence-electron chi connectivity index (χ4n) is 2.74. The van der Waals surface area contributed by atoms with E-state index in [9.17, 15) is 4.79 Å². The van der Waals surface area contributed by atoms with Crippen LogP contribution in [0.3, 0.4) is 0 Å². The molecule has 0 saturated carbocycles. The Balaban J connectivity index is 2.13. The molecule has 0 heterocycles. The fraction of sp³-hybridized carbons (Fsp3) is 0.350. The van der Waals surface area contributed by atoms with E-state index in [2.05, 4.69) is 21.2 Å². The van der Waals surface area contributed by atoms with Crippen molar-refractivity contribution in [2.45, 2.75) is 6.42 Å². The number of hydrogen-bond acceptors (Lipinski definition) is 6. The summed E-state index contributed by atoms with van der Waals surface area (Å²) >= 11 is 3.42. The summed E-state index contributed by atoms with van der Waals surface area (Å²) in [6, 6.07) is 7.27. The third-order valence-corrected chi connectivity index (χ3v) is 4.95. The number of benzene rings is 2. The van der Waals surface area contributed by atoms with Crippen LogP contribution < -0.4 is 29.0 Å². The van der Waals surface area contributed by atoms with Gasteiger partial charge in [0.25, 0.3) is 5.91 Å². The van der Waals surface area contributed by atoms with Crippen LogP contribution in [0.1, 0.15) is 15.9 Å². The van der Waals surface area contributed by atoms with Crippen LogP contribution >= 0.6 is 15.9 Å². The van der Waals surface area contributed by atoms with Crippen LogP contribution in [-0.2, 0) is 6.42 Å². The quantitative estimate of drug-likeness (QED) is 0.626. The summed E-state index contributed by atoms with van der Waals surface area (Å²) in [5, 5.41) is 2.90. The first-order valence-corrected chi connectivity index (χ1v) is 9.27. The molecule has 0 aliphatic rings. The summed E-state index contributed by atoms with van der Waals surface area (Å²) in [5.41, 5.74) is 1.41. The average molecular weight is 454 g/mol.